The fourth-order valence-corrected chi connectivity index (χ4v) is 3.00. The summed E-state index contributed by atoms with van der Waals surface area (Å²) in [5.74, 6) is -0.743. The van der Waals surface area contributed by atoms with Crippen LogP contribution in [0.3, 0.4) is 0 Å². The van der Waals surface area contributed by atoms with E-state index in [-0.39, 0.29) is 23.9 Å². The average Bonchev–Trinajstić information content (AvgIpc) is 2.78. The van der Waals surface area contributed by atoms with Crippen molar-refractivity contribution >= 4 is 23.2 Å². The second-order valence-electron chi connectivity index (χ2n) is 6.88. The zero-order chi connectivity index (χ0) is 24.0. The molecule has 11 heteroatoms. The fourth-order valence-electron chi connectivity index (χ4n) is 3.00. The Labute approximate surface area is 188 Å². The third-order valence-electron chi connectivity index (χ3n) is 4.46. The molecule has 2 N–H and O–H groups in total. The van der Waals surface area contributed by atoms with E-state index in [0.717, 1.165) is 0 Å². The van der Waals surface area contributed by atoms with Gasteiger partial charge in [-0.05, 0) is 32.0 Å². The highest BCUT2D eigenvalue weighted by Gasteiger charge is 2.20. The Bertz CT molecular complexity index is 1270. The maximum Gasteiger partial charge on any atom is 0.294 e. The Hall–Kier alpha value is -4.54. The van der Waals surface area contributed by atoms with Gasteiger partial charge in [0, 0.05) is 36.1 Å². The first kappa shape index (κ1) is 23.1. The number of para-hydroxylation sites is 2. The first-order valence-corrected chi connectivity index (χ1v) is 9.96. The minimum Gasteiger partial charge on any atom is -0.484 e. The molecule has 170 valence electrons. The van der Waals surface area contributed by atoms with Crippen molar-refractivity contribution in [3.05, 3.63) is 86.3 Å². The molecule has 0 saturated heterocycles. The molecule has 0 aliphatic rings. The summed E-state index contributed by atoms with van der Waals surface area (Å²) in [5, 5.41) is 20.6. The molecule has 3 aromatic rings. The number of anilines is 1. The number of hydrogen-bond acceptors (Lipinski definition) is 7. The van der Waals surface area contributed by atoms with Gasteiger partial charge in [-0.3, -0.25) is 24.5 Å². The summed E-state index contributed by atoms with van der Waals surface area (Å²) in [6.07, 6.45) is 0. The summed E-state index contributed by atoms with van der Waals surface area (Å²) in [6, 6.07) is 13.3. The molecule has 0 aliphatic heterocycles. The van der Waals surface area contributed by atoms with Crippen LogP contribution in [0.1, 0.15) is 23.1 Å². The van der Waals surface area contributed by atoms with Crippen LogP contribution in [0.2, 0.25) is 0 Å². The van der Waals surface area contributed by atoms with Crippen LogP contribution >= 0.6 is 0 Å². The van der Waals surface area contributed by atoms with Crippen LogP contribution in [0, 0.1) is 17.0 Å². The molecule has 3 rings (SSSR count). The molecular formula is C22H21N5O6. The second-order valence-corrected chi connectivity index (χ2v) is 6.88. The number of nitro groups is 1. The highest BCUT2D eigenvalue weighted by Crippen LogP contribution is 2.22. The van der Waals surface area contributed by atoms with E-state index in [9.17, 15) is 24.5 Å². The lowest BCUT2D eigenvalue weighted by Gasteiger charge is -2.12. The number of nitro benzene ring substituents is 1. The predicted octanol–water partition coefficient (Wildman–Crippen LogP) is 2.22. The Morgan fingerprint density at radius 2 is 1.91 bits per heavy atom. The number of likely N-dealkylation sites (N-methyl/N-ethyl adjacent to an activating group) is 1. The van der Waals surface area contributed by atoms with Crippen molar-refractivity contribution in [1.82, 2.24) is 15.1 Å². The molecule has 0 radical (unpaired) electrons. The number of hydrogen-bond donors (Lipinski definition) is 2. The van der Waals surface area contributed by atoms with Gasteiger partial charge in [-0.1, -0.05) is 18.2 Å². The van der Waals surface area contributed by atoms with E-state index in [1.54, 1.807) is 38.1 Å². The van der Waals surface area contributed by atoms with Crippen molar-refractivity contribution in [3.8, 4) is 11.4 Å². The number of carbonyl (C=O) groups excluding carboxylic acids is 2. The van der Waals surface area contributed by atoms with Gasteiger partial charge < -0.3 is 15.4 Å². The van der Waals surface area contributed by atoms with Crippen LogP contribution in [0.15, 0.2) is 59.4 Å². The Morgan fingerprint density at radius 1 is 1.15 bits per heavy atom. The van der Waals surface area contributed by atoms with E-state index in [1.165, 1.54) is 35.0 Å². The molecule has 0 fully saturated rings. The number of benzene rings is 2. The van der Waals surface area contributed by atoms with E-state index in [2.05, 4.69) is 15.7 Å². The van der Waals surface area contributed by atoms with Crippen molar-refractivity contribution in [2.45, 2.75) is 13.8 Å². The molecule has 1 aromatic heterocycles. The molecule has 0 bridgehead atoms. The van der Waals surface area contributed by atoms with Crippen molar-refractivity contribution in [3.63, 3.8) is 0 Å². The normalized spacial score (nSPS) is 10.4. The zero-order valence-electron chi connectivity index (χ0n) is 17.9. The quantitative estimate of drug-likeness (QED) is 0.394. The highest BCUT2D eigenvalue weighted by molar-refractivity contribution is 6.02. The molecule has 1 heterocycles. The Kier molecular flexibility index (Phi) is 7.13. The topological polar surface area (TPSA) is 145 Å². The molecule has 0 unspecified atom stereocenters. The van der Waals surface area contributed by atoms with E-state index < -0.39 is 22.0 Å². The van der Waals surface area contributed by atoms with Gasteiger partial charge >= 0.3 is 0 Å². The number of nitrogens with zero attached hydrogens (tertiary/aromatic N) is 3. The number of aryl methyl sites for hydroxylation is 1. The van der Waals surface area contributed by atoms with Crippen molar-refractivity contribution in [1.29, 1.82) is 0 Å². The van der Waals surface area contributed by atoms with Crippen LogP contribution in [0.4, 0.5) is 11.4 Å². The fraction of sp³-hybridized carbons (Fsp3) is 0.182. The Morgan fingerprint density at radius 3 is 2.64 bits per heavy atom. The summed E-state index contributed by atoms with van der Waals surface area (Å²) in [7, 11) is 0. The second kappa shape index (κ2) is 10.2. The lowest BCUT2D eigenvalue weighted by atomic mass is 10.2. The minimum atomic E-state index is -0.798. The molecule has 2 amide bonds. The SMILES string of the molecule is CCNC(=O)COc1cccc(NC(=O)c2nn(-c3ccccc3[N+](=O)[O-])c(C)cc2=O)c1. The molecule has 33 heavy (non-hydrogen) atoms. The van der Waals surface area contributed by atoms with Crippen LogP contribution in [-0.4, -0.2) is 39.7 Å². The van der Waals surface area contributed by atoms with Crippen LogP contribution in [-0.2, 0) is 4.79 Å². The number of nitrogens with one attached hydrogen (secondary N) is 2. The number of rotatable bonds is 8. The lowest BCUT2D eigenvalue weighted by Crippen LogP contribution is -2.28. The van der Waals surface area contributed by atoms with Crippen molar-refractivity contribution < 1.29 is 19.2 Å². The third kappa shape index (κ3) is 5.58. The predicted molar refractivity (Wildman–Crippen MR) is 120 cm³/mol. The molecule has 0 saturated carbocycles. The average molecular weight is 451 g/mol. The summed E-state index contributed by atoms with van der Waals surface area (Å²) in [5.41, 5.74) is -0.537. The van der Waals surface area contributed by atoms with Gasteiger partial charge in [0.05, 0.1) is 4.92 Å². The first-order chi connectivity index (χ1) is 15.8. The Balaban J connectivity index is 1.86. The van der Waals surface area contributed by atoms with Gasteiger partial charge in [-0.15, -0.1) is 0 Å². The molecule has 2 aromatic carbocycles. The summed E-state index contributed by atoms with van der Waals surface area (Å²) in [4.78, 5) is 47.6. The van der Waals surface area contributed by atoms with Gasteiger partial charge in [0.1, 0.15) is 11.4 Å². The molecule has 0 atom stereocenters. The van der Waals surface area contributed by atoms with Crippen LogP contribution in [0.5, 0.6) is 5.75 Å². The molecular weight excluding hydrogens is 430 g/mol. The number of carbonyl (C=O) groups is 2. The van der Waals surface area contributed by atoms with Gasteiger partial charge in [0.25, 0.3) is 17.5 Å². The molecule has 11 nitrogen and oxygen atoms in total. The number of aromatic nitrogens is 2. The third-order valence-corrected chi connectivity index (χ3v) is 4.46. The van der Waals surface area contributed by atoms with E-state index in [4.69, 9.17) is 4.74 Å². The van der Waals surface area contributed by atoms with E-state index in [0.29, 0.717) is 23.7 Å². The first-order valence-electron chi connectivity index (χ1n) is 9.96. The smallest absolute Gasteiger partial charge is 0.294 e. The van der Waals surface area contributed by atoms with Crippen molar-refractivity contribution in [2.24, 2.45) is 0 Å². The summed E-state index contributed by atoms with van der Waals surface area (Å²) < 4.78 is 6.57. The standard InChI is InChI=1S/C22H21N5O6/c1-3-23-20(29)13-33-16-8-6-7-15(12-16)24-22(30)21-19(28)11-14(2)26(25-21)17-9-4-5-10-18(17)27(31)32/h4-12H,3,13H2,1-2H3,(H,23,29)(H,24,30). The molecule has 0 aliphatic carbocycles. The monoisotopic (exact) mass is 451 g/mol. The largest absolute Gasteiger partial charge is 0.484 e. The maximum atomic E-state index is 12.8. The zero-order valence-corrected chi connectivity index (χ0v) is 17.9. The van der Waals surface area contributed by atoms with Crippen LogP contribution in [0.25, 0.3) is 5.69 Å². The van der Waals surface area contributed by atoms with Crippen molar-refractivity contribution in [2.75, 3.05) is 18.5 Å². The van der Waals surface area contributed by atoms with E-state index in [1.807, 2.05) is 0 Å². The maximum absolute atomic E-state index is 12.8. The minimum absolute atomic E-state index is 0.120. The van der Waals surface area contributed by atoms with Gasteiger partial charge in [0.2, 0.25) is 5.43 Å². The van der Waals surface area contributed by atoms with Gasteiger partial charge in [-0.2, -0.15) is 5.10 Å². The van der Waals surface area contributed by atoms with E-state index >= 15 is 0 Å². The highest BCUT2D eigenvalue weighted by atomic mass is 16.6. The molecule has 0 spiro atoms. The lowest BCUT2D eigenvalue weighted by molar-refractivity contribution is -0.384. The number of amides is 2. The van der Waals surface area contributed by atoms with Gasteiger partial charge in [-0.25, -0.2) is 4.68 Å². The number of ether oxygens (including phenoxy) is 1. The summed E-state index contributed by atoms with van der Waals surface area (Å²) >= 11 is 0. The van der Waals surface area contributed by atoms with Crippen LogP contribution < -0.4 is 20.8 Å². The van der Waals surface area contributed by atoms with Gasteiger partial charge in [0.15, 0.2) is 12.3 Å². The summed E-state index contributed by atoms with van der Waals surface area (Å²) in [6.45, 7) is 3.64.